The van der Waals surface area contributed by atoms with Gasteiger partial charge in [0.05, 0.1) is 54.3 Å². The van der Waals surface area contributed by atoms with E-state index in [1.54, 1.807) is 0 Å². The van der Waals surface area contributed by atoms with Crippen molar-refractivity contribution in [1.29, 1.82) is 5.23 Å². The van der Waals surface area contributed by atoms with E-state index < -0.39 is 15.2 Å². The van der Waals surface area contributed by atoms with Gasteiger partial charge in [0.25, 0.3) is 0 Å². The standard InChI is InChI=1S/C39H80BNO4PS.C25H52BNO4PS/c1-4-7-10-13-15-17-18-19-21-23-26-29-33-41-37(36-44-47-46-40)35-43-34-32-38(30-27-24-12-9-6-3)45-39(42)31-28-25-22-20-16-14-11-8-5-2;1-3-5-7-9-10-11-12-14-16-18-25(28)31-24(17-15-13-8-6-4-2)19-20-29-21-23(27)22-30-33-32-26/h37-38,40-41,46H,4-36H2,1-3H3;23-24,26,32H,3-22,27H2,1-2H3/t37-,38-,46?;23-,24-,32?/m11/s1/i40T,46D;26T,32D. The third-order valence-electron chi connectivity index (χ3n) is 14.8. The molecule has 80 heavy (non-hydrogen) atoms. The van der Waals surface area contributed by atoms with E-state index in [0.29, 0.717) is 52.3 Å². The largest absolute Gasteiger partial charge is 0.462 e. The molecule has 474 valence electrons. The monoisotopic (exact) mass is 1210 g/mol. The highest BCUT2D eigenvalue weighted by Gasteiger charge is 2.17. The Morgan fingerprint density at radius 2 is 0.775 bits per heavy atom. The molecule has 0 saturated carbocycles. The third kappa shape index (κ3) is 67.5. The maximum atomic E-state index is 12.7. The molecule has 0 aliphatic heterocycles. The summed E-state index contributed by atoms with van der Waals surface area (Å²) < 4.78 is 64.2. The van der Waals surface area contributed by atoms with Gasteiger partial charge in [-0.1, -0.05) is 275 Å². The summed E-state index contributed by atoms with van der Waals surface area (Å²) in [7, 11) is -0.435. The topological polar surface area (TPSA) is 128 Å². The minimum Gasteiger partial charge on any atom is -0.462 e. The van der Waals surface area contributed by atoms with Crippen molar-refractivity contribution in [3.05, 3.63) is 0 Å². The second kappa shape index (κ2) is 71.9. The van der Waals surface area contributed by atoms with Crippen LogP contribution in [0.2, 0.25) is 0 Å². The summed E-state index contributed by atoms with van der Waals surface area (Å²) in [4.78, 5) is 25.1. The first kappa shape index (κ1) is 74.6. The van der Waals surface area contributed by atoms with Gasteiger partial charge < -0.3 is 38.4 Å². The van der Waals surface area contributed by atoms with E-state index in [9.17, 15) is 9.59 Å². The molecule has 10 nitrogen and oxygen atoms in total. The smallest absolute Gasteiger partial charge is 0.306 e. The van der Waals surface area contributed by atoms with Gasteiger partial charge >= 0.3 is 11.9 Å². The predicted octanol–water partition coefficient (Wildman–Crippen LogP) is 19.3. The van der Waals surface area contributed by atoms with Gasteiger partial charge in [0.15, 0.2) is 0 Å². The Morgan fingerprint density at radius 1 is 0.450 bits per heavy atom. The summed E-state index contributed by atoms with van der Waals surface area (Å²) in [6.45, 7) is 14.8. The minimum atomic E-state index is -1.33. The van der Waals surface area contributed by atoms with Crippen LogP contribution in [0.4, 0.5) is 0 Å². The average Bonchev–Trinajstić information content (AvgIpc) is 3.50. The lowest BCUT2D eigenvalue weighted by molar-refractivity contribution is -0.151. The molecular weight excluding hydrogens is 1070 g/mol. The molecule has 0 bridgehead atoms. The molecule has 0 rings (SSSR count). The summed E-state index contributed by atoms with van der Waals surface area (Å²) >= 11 is 2.06. The summed E-state index contributed by atoms with van der Waals surface area (Å²) in [6.07, 6.45) is 54.5. The SMILES string of the molecule is [2H]P([B][3H])SOC[C@@H](COCC[C@@H](CCCCCCC)OC(=O)CCCCCCCCCCC)NCCCCCCCCCCCCCC.[2H]P([B][3H])SOC[C@H](N)COCC[C@@H](CCCCCCC)OC(=O)CCCCCCCCCCC. The van der Waals surface area contributed by atoms with Gasteiger partial charge in [-0.2, -0.15) is 0 Å². The number of rotatable bonds is 68. The zero-order valence-electron chi connectivity index (χ0n) is 57.0. The highest BCUT2D eigenvalue weighted by molar-refractivity contribution is 8.53. The van der Waals surface area contributed by atoms with Crippen LogP contribution in [0, 0.1) is 0 Å². The fraction of sp³-hybridized carbons (Fsp3) is 0.969. The number of nitrogens with two attached hydrogens (primary N) is 1. The number of unbranched alkanes of at least 4 members (excludes halogenated alkanes) is 35. The van der Waals surface area contributed by atoms with Gasteiger partial charge in [-0.3, -0.25) is 9.59 Å². The van der Waals surface area contributed by atoms with Gasteiger partial charge in [0, 0.05) is 49.0 Å². The number of hydrogen-bond acceptors (Lipinski definition) is 12. The molecule has 2 radical (unpaired) electrons. The lowest BCUT2D eigenvalue weighted by Crippen LogP contribution is -2.38. The van der Waals surface area contributed by atoms with Gasteiger partial charge in [-0.25, -0.2) is 0 Å². The van der Waals surface area contributed by atoms with Crippen LogP contribution in [-0.2, 0) is 36.9 Å². The fourth-order valence-corrected chi connectivity index (χ4v) is 11.1. The zero-order chi connectivity index (χ0) is 61.9. The highest BCUT2D eigenvalue weighted by Crippen LogP contribution is 2.25. The van der Waals surface area contributed by atoms with E-state index in [0.717, 1.165) is 109 Å². The third-order valence-corrected chi connectivity index (χ3v) is 16.7. The lowest BCUT2D eigenvalue weighted by Gasteiger charge is -2.21. The van der Waals surface area contributed by atoms with Gasteiger partial charge in [0.2, 0.25) is 0 Å². The Labute approximate surface area is 516 Å². The Bertz CT molecular complexity index is 1340. The number of nitrogens with one attached hydrogen (secondary N) is 1. The summed E-state index contributed by atoms with van der Waals surface area (Å²) in [6, 6.07) is -0.241. The molecule has 16 heteroatoms. The van der Waals surface area contributed by atoms with Crippen LogP contribution in [0.25, 0.3) is 0 Å². The normalized spacial score (nSPS) is 14.4. The fourth-order valence-electron chi connectivity index (χ4n) is 9.79. The average molecular weight is 1210 g/mol. The molecule has 3 N–H and O–H groups in total. The Kier molecular flexibility index (Phi) is 67.1. The Balaban J connectivity index is 0. The van der Waals surface area contributed by atoms with Crippen LogP contribution >= 0.6 is 38.5 Å². The van der Waals surface area contributed by atoms with E-state index in [1.807, 2.05) is 0 Å². The number of hydrogen-bond donors (Lipinski definition) is 2. The zero-order valence-corrected chi connectivity index (χ0v) is 56.4. The van der Waals surface area contributed by atoms with Gasteiger partial charge in [-0.05, 0) is 54.2 Å². The molecule has 0 aromatic rings. The molecule has 6 atom stereocenters. The number of carbonyl (C=O) groups excluding carboxylic acids is 2. The van der Waals surface area contributed by atoms with E-state index in [2.05, 4.69) is 39.9 Å². The molecule has 0 saturated heterocycles. The van der Waals surface area contributed by atoms with Crippen LogP contribution < -0.4 is 11.1 Å². The van der Waals surface area contributed by atoms with Crippen molar-refractivity contribution >= 4 is 65.5 Å². The molecule has 0 fully saturated rings. The molecular formula is C64H132B2N2O8P2S2. The lowest BCUT2D eigenvalue weighted by atomic mass is 10.1. The van der Waals surface area contributed by atoms with Crippen LogP contribution in [0.5, 0.6) is 0 Å². The number of esters is 2. The van der Waals surface area contributed by atoms with E-state index in [1.165, 1.54) is 212 Å². The van der Waals surface area contributed by atoms with Crippen LogP contribution in [0.1, 0.15) is 330 Å². The van der Waals surface area contributed by atoms with Crippen LogP contribution in [0.15, 0.2) is 0 Å². The molecule has 0 aromatic heterocycles. The second-order valence-electron chi connectivity index (χ2n) is 22.7. The quantitative estimate of drug-likeness (QED) is 0.0198. The first-order valence-corrected chi connectivity index (χ1v) is 38.3. The van der Waals surface area contributed by atoms with Gasteiger partial charge in [0.1, 0.15) is 27.3 Å². The molecule has 0 aliphatic carbocycles. The van der Waals surface area contributed by atoms with Crippen molar-refractivity contribution < 1.29 is 36.9 Å². The second-order valence-corrected chi connectivity index (χ2v) is 26.1. The highest BCUT2D eigenvalue weighted by atomic mass is 32.7. The Morgan fingerprint density at radius 3 is 1.15 bits per heavy atom. The molecule has 0 amide bonds. The maximum absolute atomic E-state index is 12.7. The van der Waals surface area contributed by atoms with Crippen LogP contribution in [-0.4, -0.2) is 103 Å². The van der Waals surface area contributed by atoms with Crippen molar-refractivity contribution in [2.75, 3.05) is 46.2 Å². The molecule has 0 aliphatic rings. The molecule has 0 heterocycles. The van der Waals surface area contributed by atoms with Crippen molar-refractivity contribution in [2.45, 2.75) is 354 Å². The molecule has 2 unspecified atom stereocenters. The molecule has 0 spiro atoms. The maximum Gasteiger partial charge on any atom is 0.306 e. The molecule has 0 aromatic carbocycles. The van der Waals surface area contributed by atoms with Gasteiger partial charge in [-0.15, -0.1) is 0 Å². The van der Waals surface area contributed by atoms with Crippen molar-refractivity contribution in [3.8, 4) is 0 Å². The predicted molar refractivity (Wildman–Crippen MR) is 360 cm³/mol. The van der Waals surface area contributed by atoms with Crippen molar-refractivity contribution in [2.24, 2.45) is 5.73 Å². The number of ether oxygens (including phenoxy) is 4. The minimum absolute atomic E-state index is 0.0380. The van der Waals surface area contributed by atoms with Crippen molar-refractivity contribution in [1.82, 2.24) is 5.32 Å². The summed E-state index contributed by atoms with van der Waals surface area (Å²) in [5.41, 5.74) is 5.99. The first-order valence-electron chi connectivity index (χ1n) is 35.8. The van der Waals surface area contributed by atoms with Crippen LogP contribution in [0.3, 0.4) is 0 Å². The van der Waals surface area contributed by atoms with Crippen molar-refractivity contribution in [3.63, 3.8) is 0 Å². The van der Waals surface area contributed by atoms with E-state index in [-0.39, 0.29) is 42.8 Å². The van der Waals surface area contributed by atoms with E-state index in [4.69, 9.17) is 38.3 Å². The van der Waals surface area contributed by atoms with E-state index >= 15 is 0 Å². The summed E-state index contributed by atoms with van der Waals surface area (Å²) in [5, 5.41) is 3.61. The Hall–Kier alpha value is 0.390. The summed E-state index contributed by atoms with van der Waals surface area (Å²) in [5.74, 6) is -0.126. The first-order chi connectivity index (χ1) is 41.1. The number of carbonyl (C=O) groups is 2.